The Morgan fingerprint density at radius 1 is 1.62 bits per heavy atom. The van der Waals surface area contributed by atoms with E-state index < -0.39 is 29.8 Å². The Morgan fingerprint density at radius 2 is 2.25 bits per heavy atom. The molecule has 0 radical (unpaired) electrons. The molecular formula is C9H11F3O4. The number of hydrogen-bond acceptors (Lipinski definition) is 4. The second kappa shape index (κ2) is 4.73. The van der Waals surface area contributed by atoms with Gasteiger partial charge in [-0.15, -0.1) is 0 Å². The Bertz CT molecular complexity index is 308. The second-order valence-corrected chi connectivity index (χ2v) is 3.14. The number of esters is 1. The van der Waals surface area contributed by atoms with Crippen molar-refractivity contribution in [2.75, 3.05) is 6.61 Å². The number of allylic oxidation sites excluding steroid dienone is 1. The highest BCUT2D eigenvalue weighted by molar-refractivity contribution is 5.89. The van der Waals surface area contributed by atoms with Crippen LogP contribution in [0.2, 0.25) is 0 Å². The van der Waals surface area contributed by atoms with Crippen LogP contribution in [0.4, 0.5) is 13.2 Å². The number of carbonyl (C=O) groups excluding carboxylic acids is 1. The summed E-state index contributed by atoms with van der Waals surface area (Å²) in [6.07, 6.45) is -6.61. The fourth-order valence-corrected chi connectivity index (χ4v) is 1.30. The zero-order valence-electron chi connectivity index (χ0n) is 8.50. The summed E-state index contributed by atoms with van der Waals surface area (Å²) < 4.78 is 46.1. The standard InChI is InChI=1S/C9H11F3O4/c1-2-15-8(14)5-3-4-6(13)16-7(5)9(10,11)12/h6,13H,2-4H2,1H3. The lowest BCUT2D eigenvalue weighted by molar-refractivity contribution is -0.182. The summed E-state index contributed by atoms with van der Waals surface area (Å²) in [7, 11) is 0. The van der Waals surface area contributed by atoms with Gasteiger partial charge in [0.05, 0.1) is 12.2 Å². The van der Waals surface area contributed by atoms with Gasteiger partial charge in [-0.1, -0.05) is 0 Å². The topological polar surface area (TPSA) is 55.8 Å². The minimum atomic E-state index is -4.80. The first-order valence-corrected chi connectivity index (χ1v) is 4.68. The summed E-state index contributed by atoms with van der Waals surface area (Å²) in [5, 5.41) is 8.96. The van der Waals surface area contributed by atoms with Crippen LogP contribution >= 0.6 is 0 Å². The van der Waals surface area contributed by atoms with Crippen molar-refractivity contribution < 1.29 is 32.5 Å². The third-order valence-corrected chi connectivity index (χ3v) is 1.95. The highest BCUT2D eigenvalue weighted by Crippen LogP contribution is 2.35. The van der Waals surface area contributed by atoms with E-state index in [1.165, 1.54) is 6.92 Å². The number of aliphatic hydroxyl groups excluding tert-OH is 1. The van der Waals surface area contributed by atoms with E-state index in [1.54, 1.807) is 0 Å². The third-order valence-electron chi connectivity index (χ3n) is 1.95. The summed E-state index contributed by atoms with van der Waals surface area (Å²) in [5.74, 6) is -2.51. The fourth-order valence-electron chi connectivity index (χ4n) is 1.30. The number of halogens is 3. The van der Waals surface area contributed by atoms with Crippen LogP contribution in [-0.4, -0.2) is 30.1 Å². The molecule has 0 aromatic heterocycles. The molecule has 16 heavy (non-hydrogen) atoms. The van der Waals surface area contributed by atoms with Gasteiger partial charge >= 0.3 is 12.1 Å². The highest BCUT2D eigenvalue weighted by Gasteiger charge is 2.44. The first kappa shape index (κ1) is 12.8. The van der Waals surface area contributed by atoms with Crippen molar-refractivity contribution in [2.24, 2.45) is 0 Å². The van der Waals surface area contributed by atoms with Gasteiger partial charge < -0.3 is 14.6 Å². The molecular weight excluding hydrogens is 229 g/mol. The second-order valence-electron chi connectivity index (χ2n) is 3.14. The average Bonchev–Trinajstić information content (AvgIpc) is 2.16. The molecule has 0 saturated carbocycles. The Labute approximate surface area is 89.6 Å². The Hall–Kier alpha value is -1.24. The molecule has 1 atom stereocenters. The van der Waals surface area contributed by atoms with E-state index >= 15 is 0 Å². The van der Waals surface area contributed by atoms with E-state index in [0.717, 1.165) is 0 Å². The Morgan fingerprint density at radius 3 is 2.75 bits per heavy atom. The number of aliphatic hydroxyl groups is 1. The maximum absolute atomic E-state index is 12.5. The molecule has 92 valence electrons. The molecule has 1 N–H and O–H groups in total. The molecule has 0 bridgehead atoms. The lowest BCUT2D eigenvalue weighted by atomic mass is 10.1. The molecule has 4 nitrogen and oxygen atoms in total. The zero-order chi connectivity index (χ0) is 12.3. The molecule has 0 amide bonds. The van der Waals surface area contributed by atoms with Crippen molar-refractivity contribution >= 4 is 5.97 Å². The Balaban J connectivity index is 3.01. The number of carbonyl (C=O) groups is 1. The van der Waals surface area contributed by atoms with E-state index in [-0.39, 0.29) is 19.4 Å². The molecule has 1 heterocycles. The molecule has 1 unspecified atom stereocenters. The van der Waals surface area contributed by atoms with E-state index in [4.69, 9.17) is 5.11 Å². The molecule has 0 aromatic carbocycles. The minimum absolute atomic E-state index is 0.0178. The molecule has 0 saturated heterocycles. The smallest absolute Gasteiger partial charge is 0.449 e. The van der Waals surface area contributed by atoms with Crippen molar-refractivity contribution in [3.8, 4) is 0 Å². The molecule has 1 rings (SSSR count). The van der Waals surface area contributed by atoms with Gasteiger partial charge in [-0.3, -0.25) is 0 Å². The average molecular weight is 240 g/mol. The molecule has 0 spiro atoms. The van der Waals surface area contributed by atoms with Crippen molar-refractivity contribution in [2.45, 2.75) is 32.2 Å². The minimum Gasteiger partial charge on any atom is -0.463 e. The molecule has 1 aliphatic heterocycles. The molecule has 7 heteroatoms. The van der Waals surface area contributed by atoms with Gasteiger partial charge in [0.25, 0.3) is 0 Å². The van der Waals surface area contributed by atoms with E-state index in [0.29, 0.717) is 0 Å². The summed E-state index contributed by atoms with van der Waals surface area (Å²) >= 11 is 0. The maximum atomic E-state index is 12.5. The lowest BCUT2D eigenvalue weighted by Crippen LogP contribution is -2.30. The van der Waals surface area contributed by atoms with Gasteiger partial charge in [-0.25, -0.2) is 4.79 Å². The van der Waals surface area contributed by atoms with Gasteiger partial charge in [-0.2, -0.15) is 13.2 Å². The first-order valence-electron chi connectivity index (χ1n) is 4.68. The largest absolute Gasteiger partial charge is 0.463 e. The summed E-state index contributed by atoms with van der Waals surface area (Å²) in [5.41, 5.74) is -0.570. The predicted molar refractivity (Wildman–Crippen MR) is 46.0 cm³/mol. The van der Waals surface area contributed by atoms with E-state index in [1.807, 2.05) is 0 Å². The van der Waals surface area contributed by atoms with E-state index in [2.05, 4.69) is 9.47 Å². The van der Waals surface area contributed by atoms with Gasteiger partial charge in [0.15, 0.2) is 6.29 Å². The third kappa shape index (κ3) is 2.88. The fraction of sp³-hybridized carbons (Fsp3) is 0.667. The van der Waals surface area contributed by atoms with Crippen LogP contribution in [0.15, 0.2) is 11.3 Å². The summed E-state index contributed by atoms with van der Waals surface area (Å²) in [6, 6.07) is 0. The Kier molecular flexibility index (Phi) is 3.79. The quantitative estimate of drug-likeness (QED) is 0.743. The molecule has 0 aliphatic carbocycles. The SMILES string of the molecule is CCOC(=O)C1=C(C(F)(F)F)OC(O)CC1. The maximum Gasteiger partial charge on any atom is 0.449 e. The number of hydrogen-bond donors (Lipinski definition) is 1. The number of alkyl halides is 3. The zero-order valence-corrected chi connectivity index (χ0v) is 8.50. The van der Waals surface area contributed by atoms with Crippen molar-refractivity contribution in [1.82, 2.24) is 0 Å². The number of ether oxygens (including phenoxy) is 2. The van der Waals surface area contributed by atoms with Gasteiger partial charge in [0.1, 0.15) is 0 Å². The molecule has 0 aromatic rings. The first-order chi connectivity index (χ1) is 7.36. The van der Waals surface area contributed by atoms with Crippen LogP contribution < -0.4 is 0 Å². The monoisotopic (exact) mass is 240 g/mol. The van der Waals surface area contributed by atoms with Crippen LogP contribution in [0, 0.1) is 0 Å². The predicted octanol–water partition coefficient (Wildman–Crippen LogP) is 1.49. The summed E-state index contributed by atoms with van der Waals surface area (Å²) in [4.78, 5) is 11.2. The normalized spacial score (nSPS) is 21.7. The van der Waals surface area contributed by atoms with Crippen LogP contribution in [0.5, 0.6) is 0 Å². The van der Waals surface area contributed by atoms with Gasteiger partial charge in [-0.05, 0) is 13.3 Å². The van der Waals surface area contributed by atoms with Gasteiger partial charge in [0, 0.05) is 6.42 Å². The molecule has 0 fully saturated rings. The van der Waals surface area contributed by atoms with Crippen LogP contribution in [0.3, 0.4) is 0 Å². The molecule has 1 aliphatic rings. The summed E-state index contributed by atoms with van der Waals surface area (Å²) in [6.45, 7) is 1.47. The van der Waals surface area contributed by atoms with E-state index in [9.17, 15) is 18.0 Å². The van der Waals surface area contributed by atoms with Crippen molar-refractivity contribution in [3.05, 3.63) is 11.3 Å². The van der Waals surface area contributed by atoms with Crippen molar-refractivity contribution in [1.29, 1.82) is 0 Å². The highest BCUT2D eigenvalue weighted by atomic mass is 19.4. The van der Waals surface area contributed by atoms with Gasteiger partial charge in [0.2, 0.25) is 5.76 Å². The van der Waals surface area contributed by atoms with Crippen LogP contribution in [0.1, 0.15) is 19.8 Å². The number of rotatable bonds is 2. The van der Waals surface area contributed by atoms with Crippen LogP contribution in [0.25, 0.3) is 0 Å². The lowest BCUT2D eigenvalue weighted by Gasteiger charge is -2.25. The van der Waals surface area contributed by atoms with Crippen LogP contribution in [-0.2, 0) is 14.3 Å². The van der Waals surface area contributed by atoms with Crippen molar-refractivity contribution in [3.63, 3.8) is 0 Å².